The lowest BCUT2D eigenvalue weighted by Gasteiger charge is -2.38. The van der Waals surface area contributed by atoms with Gasteiger partial charge >= 0.3 is 0 Å². The monoisotopic (exact) mass is 289 g/mol. The lowest BCUT2D eigenvalue weighted by Crippen LogP contribution is -2.51. The first-order valence-electron chi connectivity index (χ1n) is 7.89. The zero-order valence-electron chi connectivity index (χ0n) is 12.6. The quantitative estimate of drug-likeness (QED) is 0.907. The summed E-state index contributed by atoms with van der Waals surface area (Å²) in [6, 6.07) is 3.95. The fourth-order valence-corrected chi connectivity index (χ4v) is 2.84. The summed E-state index contributed by atoms with van der Waals surface area (Å²) >= 11 is 0. The van der Waals surface area contributed by atoms with Crippen molar-refractivity contribution in [2.24, 2.45) is 5.92 Å². The van der Waals surface area contributed by atoms with Crippen LogP contribution in [0.2, 0.25) is 0 Å². The Kier molecular flexibility index (Phi) is 4.22. The SMILES string of the molecule is CCNc1ccc(N2CCN(C(=O)C3CCC3)CC2)nn1. The van der Waals surface area contributed by atoms with Crippen LogP contribution >= 0.6 is 0 Å². The lowest BCUT2D eigenvalue weighted by molar-refractivity contribution is -0.138. The largest absolute Gasteiger partial charge is 0.369 e. The van der Waals surface area contributed by atoms with Crippen LogP contribution in [0, 0.1) is 5.92 Å². The Morgan fingerprint density at radius 1 is 1.24 bits per heavy atom. The van der Waals surface area contributed by atoms with Gasteiger partial charge in [0.1, 0.15) is 5.82 Å². The maximum absolute atomic E-state index is 12.2. The van der Waals surface area contributed by atoms with Gasteiger partial charge in [-0.05, 0) is 31.9 Å². The maximum atomic E-state index is 12.2. The molecule has 1 amide bonds. The number of rotatable bonds is 4. The van der Waals surface area contributed by atoms with Gasteiger partial charge in [0.15, 0.2) is 5.82 Å². The van der Waals surface area contributed by atoms with Gasteiger partial charge in [0.05, 0.1) is 0 Å². The number of hydrogen-bond acceptors (Lipinski definition) is 5. The van der Waals surface area contributed by atoms with Gasteiger partial charge < -0.3 is 15.1 Å². The molecule has 1 aromatic rings. The van der Waals surface area contributed by atoms with E-state index in [1.54, 1.807) is 0 Å². The minimum absolute atomic E-state index is 0.302. The van der Waals surface area contributed by atoms with E-state index < -0.39 is 0 Å². The minimum atomic E-state index is 0.302. The van der Waals surface area contributed by atoms with E-state index in [4.69, 9.17) is 0 Å². The molecule has 21 heavy (non-hydrogen) atoms. The number of amides is 1. The van der Waals surface area contributed by atoms with Crippen molar-refractivity contribution < 1.29 is 4.79 Å². The topological polar surface area (TPSA) is 61.4 Å². The van der Waals surface area contributed by atoms with Gasteiger partial charge in [-0.3, -0.25) is 4.79 Å². The number of aromatic nitrogens is 2. The first-order valence-corrected chi connectivity index (χ1v) is 7.89. The zero-order chi connectivity index (χ0) is 14.7. The number of anilines is 2. The molecule has 0 atom stereocenters. The highest BCUT2D eigenvalue weighted by atomic mass is 16.2. The minimum Gasteiger partial charge on any atom is -0.369 e. The summed E-state index contributed by atoms with van der Waals surface area (Å²) < 4.78 is 0. The molecule has 6 heteroatoms. The van der Waals surface area contributed by atoms with Crippen molar-refractivity contribution >= 4 is 17.5 Å². The number of carbonyl (C=O) groups excluding carboxylic acids is 1. The predicted molar refractivity (Wildman–Crippen MR) is 82.3 cm³/mol. The van der Waals surface area contributed by atoms with Gasteiger partial charge in [0, 0.05) is 38.6 Å². The fraction of sp³-hybridized carbons (Fsp3) is 0.667. The van der Waals surface area contributed by atoms with Crippen molar-refractivity contribution in [1.82, 2.24) is 15.1 Å². The molecule has 1 N–H and O–H groups in total. The van der Waals surface area contributed by atoms with Gasteiger partial charge in [-0.25, -0.2) is 0 Å². The smallest absolute Gasteiger partial charge is 0.225 e. The highest BCUT2D eigenvalue weighted by Gasteiger charge is 2.31. The molecule has 0 bridgehead atoms. The number of hydrogen-bond donors (Lipinski definition) is 1. The molecule has 0 unspecified atom stereocenters. The van der Waals surface area contributed by atoms with Crippen LogP contribution in [0.3, 0.4) is 0 Å². The molecule has 1 saturated carbocycles. The van der Waals surface area contributed by atoms with E-state index in [-0.39, 0.29) is 0 Å². The van der Waals surface area contributed by atoms with Crippen LogP contribution in [-0.2, 0) is 4.79 Å². The molecular formula is C15H23N5O. The van der Waals surface area contributed by atoms with E-state index >= 15 is 0 Å². The average Bonchev–Trinajstić information content (AvgIpc) is 2.47. The molecule has 0 radical (unpaired) electrons. The summed E-state index contributed by atoms with van der Waals surface area (Å²) in [4.78, 5) is 16.4. The molecule has 1 aliphatic heterocycles. The predicted octanol–water partition coefficient (Wildman–Crippen LogP) is 1.36. The van der Waals surface area contributed by atoms with Crippen LogP contribution in [-0.4, -0.2) is 53.7 Å². The molecule has 0 spiro atoms. The molecule has 3 rings (SSSR count). The van der Waals surface area contributed by atoms with E-state index in [2.05, 4.69) is 20.4 Å². The Morgan fingerprint density at radius 3 is 2.52 bits per heavy atom. The Morgan fingerprint density at radius 2 is 2.00 bits per heavy atom. The number of carbonyl (C=O) groups is 1. The fourth-order valence-electron chi connectivity index (χ4n) is 2.84. The van der Waals surface area contributed by atoms with E-state index in [0.717, 1.165) is 57.2 Å². The Labute approximate surface area is 125 Å². The lowest BCUT2D eigenvalue weighted by atomic mass is 9.84. The molecule has 1 aliphatic carbocycles. The second kappa shape index (κ2) is 6.28. The summed E-state index contributed by atoms with van der Waals surface area (Å²) in [5.74, 6) is 2.36. The second-order valence-electron chi connectivity index (χ2n) is 5.75. The van der Waals surface area contributed by atoms with Crippen LogP contribution in [0.25, 0.3) is 0 Å². The standard InChI is InChI=1S/C15H23N5O/c1-2-16-13-6-7-14(18-17-13)19-8-10-20(11-9-19)15(21)12-4-3-5-12/h6-7,12H,2-5,8-11H2,1H3,(H,16,17). The van der Waals surface area contributed by atoms with E-state index in [1.165, 1.54) is 6.42 Å². The third-order valence-corrected chi connectivity index (χ3v) is 4.38. The van der Waals surface area contributed by atoms with Crippen molar-refractivity contribution in [3.05, 3.63) is 12.1 Å². The van der Waals surface area contributed by atoms with Crippen molar-refractivity contribution in [3.63, 3.8) is 0 Å². The molecule has 114 valence electrons. The van der Waals surface area contributed by atoms with Crippen molar-refractivity contribution in [2.45, 2.75) is 26.2 Å². The van der Waals surface area contributed by atoms with Gasteiger partial charge in [-0.2, -0.15) is 0 Å². The number of nitrogens with zero attached hydrogens (tertiary/aromatic N) is 4. The van der Waals surface area contributed by atoms with Crippen LogP contribution in [0.1, 0.15) is 26.2 Å². The first-order chi connectivity index (χ1) is 10.3. The normalized spacial score (nSPS) is 19.3. The first kappa shape index (κ1) is 14.1. The molecule has 6 nitrogen and oxygen atoms in total. The Hall–Kier alpha value is -1.85. The van der Waals surface area contributed by atoms with Crippen LogP contribution in [0.4, 0.5) is 11.6 Å². The summed E-state index contributed by atoms with van der Waals surface area (Å²) in [5.41, 5.74) is 0. The number of piperazine rings is 1. The molecular weight excluding hydrogens is 266 g/mol. The Balaban J connectivity index is 1.53. The van der Waals surface area contributed by atoms with Gasteiger partial charge in [-0.15, -0.1) is 10.2 Å². The third kappa shape index (κ3) is 3.09. The van der Waals surface area contributed by atoms with Crippen molar-refractivity contribution in [3.8, 4) is 0 Å². The summed E-state index contributed by atoms with van der Waals surface area (Å²) in [6.07, 6.45) is 3.37. The second-order valence-corrected chi connectivity index (χ2v) is 5.75. The van der Waals surface area contributed by atoms with E-state index in [9.17, 15) is 4.79 Å². The van der Waals surface area contributed by atoms with Crippen molar-refractivity contribution in [2.75, 3.05) is 42.9 Å². The highest BCUT2D eigenvalue weighted by Crippen LogP contribution is 2.28. The van der Waals surface area contributed by atoms with Gasteiger partial charge in [0.25, 0.3) is 0 Å². The van der Waals surface area contributed by atoms with E-state index in [1.807, 2.05) is 24.0 Å². The number of nitrogens with one attached hydrogen (secondary N) is 1. The molecule has 2 heterocycles. The summed E-state index contributed by atoms with van der Waals surface area (Å²) in [7, 11) is 0. The Bertz CT molecular complexity index is 477. The maximum Gasteiger partial charge on any atom is 0.225 e. The molecule has 1 aromatic heterocycles. The van der Waals surface area contributed by atoms with Crippen LogP contribution in [0.15, 0.2) is 12.1 Å². The molecule has 2 fully saturated rings. The van der Waals surface area contributed by atoms with Crippen LogP contribution in [0.5, 0.6) is 0 Å². The third-order valence-electron chi connectivity index (χ3n) is 4.38. The van der Waals surface area contributed by atoms with Crippen molar-refractivity contribution in [1.29, 1.82) is 0 Å². The van der Waals surface area contributed by atoms with E-state index in [0.29, 0.717) is 11.8 Å². The van der Waals surface area contributed by atoms with Gasteiger partial charge in [0.2, 0.25) is 5.91 Å². The zero-order valence-corrected chi connectivity index (χ0v) is 12.6. The van der Waals surface area contributed by atoms with Crippen LogP contribution < -0.4 is 10.2 Å². The molecule has 1 saturated heterocycles. The highest BCUT2D eigenvalue weighted by molar-refractivity contribution is 5.79. The molecule has 0 aromatic carbocycles. The van der Waals surface area contributed by atoms with Gasteiger partial charge in [-0.1, -0.05) is 6.42 Å². The summed E-state index contributed by atoms with van der Waals surface area (Å²) in [5, 5.41) is 11.6. The summed E-state index contributed by atoms with van der Waals surface area (Å²) in [6.45, 7) is 6.16. The molecule has 2 aliphatic rings. The average molecular weight is 289 g/mol.